The molecule has 0 aliphatic carbocycles. The van der Waals surface area contributed by atoms with Gasteiger partial charge in [-0.05, 0) is 17.2 Å². The van der Waals surface area contributed by atoms with Crippen molar-refractivity contribution in [2.24, 2.45) is 0 Å². The van der Waals surface area contributed by atoms with E-state index in [1.807, 2.05) is 36.5 Å². The zero-order valence-corrected chi connectivity index (χ0v) is 11.5. The molecule has 2 aromatic rings. The van der Waals surface area contributed by atoms with E-state index >= 15 is 0 Å². The van der Waals surface area contributed by atoms with Crippen LogP contribution in [0.3, 0.4) is 0 Å². The number of rotatable bonds is 8. The molecule has 1 aromatic carbocycles. The average molecular weight is 268 g/mol. The van der Waals surface area contributed by atoms with E-state index in [0.717, 1.165) is 13.1 Å². The van der Waals surface area contributed by atoms with E-state index in [9.17, 15) is 0 Å². The molecule has 0 atom stereocenters. The summed E-state index contributed by atoms with van der Waals surface area (Å²) >= 11 is 0. The van der Waals surface area contributed by atoms with Gasteiger partial charge in [-0.15, -0.1) is 0 Å². The fourth-order valence-electron chi connectivity index (χ4n) is 1.78. The first-order chi connectivity index (χ1) is 9.95. The quantitative estimate of drug-likeness (QED) is 0.747. The lowest BCUT2D eigenvalue weighted by molar-refractivity contribution is 0.164. The van der Waals surface area contributed by atoms with Crippen molar-refractivity contribution in [3.8, 4) is 0 Å². The Balaban J connectivity index is 1.51. The van der Waals surface area contributed by atoms with Gasteiger partial charge in [0.2, 0.25) is 0 Å². The van der Waals surface area contributed by atoms with Crippen LogP contribution in [0.5, 0.6) is 0 Å². The fourth-order valence-corrected chi connectivity index (χ4v) is 1.78. The van der Waals surface area contributed by atoms with Gasteiger partial charge in [-0.2, -0.15) is 0 Å². The maximum atomic E-state index is 5.53. The SMILES string of the molecule is C(=Cc1ccccc1)COCCNCc1cccnc1. The average Bonchev–Trinajstić information content (AvgIpc) is 2.52. The Labute approximate surface area is 120 Å². The van der Waals surface area contributed by atoms with E-state index in [0.29, 0.717) is 13.2 Å². The van der Waals surface area contributed by atoms with Crippen LogP contribution in [0.4, 0.5) is 0 Å². The lowest BCUT2D eigenvalue weighted by Gasteiger charge is -2.04. The minimum absolute atomic E-state index is 0.642. The van der Waals surface area contributed by atoms with E-state index in [-0.39, 0.29) is 0 Å². The zero-order valence-electron chi connectivity index (χ0n) is 11.5. The highest BCUT2D eigenvalue weighted by molar-refractivity contribution is 5.48. The van der Waals surface area contributed by atoms with Gasteiger partial charge in [-0.1, -0.05) is 48.6 Å². The predicted molar refractivity (Wildman–Crippen MR) is 82.2 cm³/mol. The first kappa shape index (κ1) is 14.4. The molecule has 1 aromatic heterocycles. The highest BCUT2D eigenvalue weighted by Crippen LogP contribution is 2.00. The monoisotopic (exact) mass is 268 g/mol. The summed E-state index contributed by atoms with van der Waals surface area (Å²) in [6.45, 7) is 3.02. The Kier molecular flexibility index (Phi) is 6.51. The second-order valence-corrected chi connectivity index (χ2v) is 4.43. The molecule has 0 saturated carbocycles. The predicted octanol–water partition coefficient (Wildman–Crippen LogP) is 2.90. The van der Waals surface area contributed by atoms with E-state index in [1.54, 1.807) is 6.20 Å². The third-order valence-corrected chi connectivity index (χ3v) is 2.80. The molecule has 0 saturated heterocycles. The van der Waals surface area contributed by atoms with Crippen LogP contribution in [0.1, 0.15) is 11.1 Å². The Morgan fingerprint density at radius 3 is 2.80 bits per heavy atom. The number of nitrogens with zero attached hydrogens (tertiary/aromatic N) is 1. The number of pyridine rings is 1. The summed E-state index contributed by atoms with van der Waals surface area (Å²) in [5, 5.41) is 3.32. The molecule has 1 heterocycles. The van der Waals surface area contributed by atoms with E-state index < -0.39 is 0 Å². The second-order valence-electron chi connectivity index (χ2n) is 4.43. The standard InChI is InChI=1S/C17H20N2O/c1-2-6-16(7-3-1)9-5-12-20-13-11-19-15-17-8-4-10-18-14-17/h1-10,14,19H,11-13,15H2. The molecule has 0 fully saturated rings. The van der Waals surface area contributed by atoms with E-state index in [4.69, 9.17) is 4.74 Å². The summed E-state index contributed by atoms with van der Waals surface area (Å²) in [4.78, 5) is 4.07. The molecule has 3 nitrogen and oxygen atoms in total. The second kappa shape index (κ2) is 9.02. The first-order valence-corrected chi connectivity index (χ1v) is 6.84. The zero-order chi connectivity index (χ0) is 13.9. The lowest BCUT2D eigenvalue weighted by Crippen LogP contribution is -2.19. The van der Waals surface area contributed by atoms with Gasteiger partial charge < -0.3 is 10.1 Å². The van der Waals surface area contributed by atoms with Crippen molar-refractivity contribution >= 4 is 6.08 Å². The van der Waals surface area contributed by atoms with Gasteiger partial charge in [0.1, 0.15) is 0 Å². The van der Waals surface area contributed by atoms with Gasteiger partial charge in [0.05, 0.1) is 13.2 Å². The molecule has 0 amide bonds. The molecule has 3 heteroatoms. The third kappa shape index (κ3) is 5.78. The molecule has 0 unspecified atom stereocenters. The molecule has 0 aliphatic heterocycles. The minimum Gasteiger partial charge on any atom is -0.376 e. The summed E-state index contributed by atoms with van der Waals surface area (Å²) in [5.74, 6) is 0. The first-order valence-electron chi connectivity index (χ1n) is 6.84. The van der Waals surface area contributed by atoms with Crippen LogP contribution in [0.25, 0.3) is 6.08 Å². The fraction of sp³-hybridized carbons (Fsp3) is 0.235. The Morgan fingerprint density at radius 1 is 1.10 bits per heavy atom. The van der Waals surface area contributed by atoms with E-state index in [2.05, 4.69) is 34.6 Å². The lowest BCUT2D eigenvalue weighted by atomic mass is 10.2. The Hall–Kier alpha value is -1.97. The van der Waals surface area contributed by atoms with Gasteiger partial charge in [0.15, 0.2) is 0 Å². The summed E-state index contributed by atoms with van der Waals surface area (Å²) in [6, 6.07) is 14.2. The minimum atomic E-state index is 0.642. The molecule has 104 valence electrons. The Bertz CT molecular complexity index is 497. The molecule has 1 N–H and O–H groups in total. The van der Waals surface area contributed by atoms with E-state index in [1.165, 1.54) is 11.1 Å². The molecule has 2 rings (SSSR count). The van der Waals surface area contributed by atoms with Crippen molar-refractivity contribution in [3.05, 3.63) is 72.1 Å². The van der Waals surface area contributed by atoms with Crippen molar-refractivity contribution in [1.29, 1.82) is 0 Å². The summed E-state index contributed by atoms with van der Waals surface area (Å²) < 4.78 is 5.53. The molecule has 0 aliphatic rings. The van der Waals surface area contributed by atoms with Crippen LogP contribution >= 0.6 is 0 Å². The van der Waals surface area contributed by atoms with Crippen LogP contribution in [0.2, 0.25) is 0 Å². The maximum Gasteiger partial charge on any atom is 0.0651 e. The topological polar surface area (TPSA) is 34.1 Å². The van der Waals surface area contributed by atoms with Gasteiger partial charge in [0.25, 0.3) is 0 Å². The van der Waals surface area contributed by atoms with Crippen LogP contribution < -0.4 is 5.32 Å². The van der Waals surface area contributed by atoms with Crippen molar-refractivity contribution in [2.75, 3.05) is 19.8 Å². The number of aromatic nitrogens is 1. The summed E-state index contributed by atoms with van der Waals surface area (Å²) in [6.07, 6.45) is 7.77. The summed E-state index contributed by atoms with van der Waals surface area (Å²) in [7, 11) is 0. The van der Waals surface area contributed by atoms with Crippen LogP contribution in [-0.2, 0) is 11.3 Å². The number of ether oxygens (including phenoxy) is 1. The molecule has 0 bridgehead atoms. The largest absolute Gasteiger partial charge is 0.376 e. The molecular formula is C17H20N2O. The molecule has 0 spiro atoms. The van der Waals surface area contributed by atoms with Crippen LogP contribution in [0, 0.1) is 0 Å². The van der Waals surface area contributed by atoms with Crippen LogP contribution in [0.15, 0.2) is 60.9 Å². The third-order valence-electron chi connectivity index (χ3n) is 2.80. The number of benzene rings is 1. The molecule has 20 heavy (non-hydrogen) atoms. The van der Waals surface area contributed by atoms with Crippen molar-refractivity contribution in [1.82, 2.24) is 10.3 Å². The number of hydrogen-bond donors (Lipinski definition) is 1. The molecule has 0 radical (unpaired) electrons. The summed E-state index contributed by atoms with van der Waals surface area (Å²) in [5.41, 5.74) is 2.39. The van der Waals surface area contributed by atoms with Crippen molar-refractivity contribution < 1.29 is 4.74 Å². The van der Waals surface area contributed by atoms with Gasteiger partial charge in [-0.25, -0.2) is 0 Å². The van der Waals surface area contributed by atoms with Crippen LogP contribution in [-0.4, -0.2) is 24.7 Å². The number of hydrogen-bond acceptors (Lipinski definition) is 3. The smallest absolute Gasteiger partial charge is 0.0651 e. The Morgan fingerprint density at radius 2 is 2.00 bits per heavy atom. The molecular weight excluding hydrogens is 248 g/mol. The highest BCUT2D eigenvalue weighted by Gasteiger charge is 1.91. The normalized spacial score (nSPS) is 11.0. The van der Waals surface area contributed by atoms with Crippen molar-refractivity contribution in [3.63, 3.8) is 0 Å². The highest BCUT2D eigenvalue weighted by atomic mass is 16.5. The van der Waals surface area contributed by atoms with Gasteiger partial charge in [0, 0.05) is 25.5 Å². The van der Waals surface area contributed by atoms with Gasteiger partial charge >= 0.3 is 0 Å². The van der Waals surface area contributed by atoms with Crippen molar-refractivity contribution in [2.45, 2.75) is 6.54 Å². The maximum absolute atomic E-state index is 5.53. The van der Waals surface area contributed by atoms with Gasteiger partial charge in [-0.3, -0.25) is 4.98 Å². The number of nitrogens with one attached hydrogen (secondary N) is 1.